The summed E-state index contributed by atoms with van der Waals surface area (Å²) in [6.45, 7) is -0.488. The van der Waals surface area contributed by atoms with E-state index in [-0.39, 0.29) is 17.5 Å². The van der Waals surface area contributed by atoms with E-state index >= 15 is 0 Å². The summed E-state index contributed by atoms with van der Waals surface area (Å²) in [5, 5.41) is 0. The molecule has 0 amide bonds. The zero-order valence-electron chi connectivity index (χ0n) is 80.1. The molecule has 0 bridgehead atoms. The van der Waals surface area contributed by atoms with E-state index < -0.39 is 32.8 Å². The first-order chi connectivity index (χ1) is 66.1. The van der Waals surface area contributed by atoms with Crippen molar-refractivity contribution in [1.29, 1.82) is 0 Å². The van der Waals surface area contributed by atoms with Gasteiger partial charge in [0.2, 0.25) is 34.7 Å². The topological polar surface area (TPSA) is 133 Å². The molecular formula is C107H82N18. The molecule has 0 saturated carbocycles. The molecule has 18 nitrogen and oxygen atoms in total. The lowest BCUT2D eigenvalue weighted by atomic mass is 10.0. The molecule has 0 aliphatic carbocycles. The van der Waals surface area contributed by atoms with Crippen molar-refractivity contribution < 1.29 is 16.4 Å². The average Bonchev–Trinajstić information content (AvgIpc) is 1.58. The van der Waals surface area contributed by atoms with Gasteiger partial charge in [0.25, 0.3) is 0 Å². The van der Waals surface area contributed by atoms with Gasteiger partial charge in [-0.3, -0.25) is 53.8 Å². The Bertz CT molecular complexity index is 9360. The molecule has 12 aromatic heterocycles. The molecule has 0 radical (unpaired) electrons. The third-order valence-corrected chi connectivity index (χ3v) is 25.0. The van der Waals surface area contributed by atoms with Crippen LogP contribution in [0.4, 0.5) is 0 Å². The minimum Gasteiger partial charge on any atom is -0.278 e. The number of fused-ring (bicyclic) bond motifs is 30. The highest BCUT2D eigenvalue weighted by Crippen LogP contribution is 2.41. The zero-order valence-corrected chi connectivity index (χ0v) is 68.1. The molecule has 0 aliphatic rings. The second kappa shape index (κ2) is 27.5. The van der Waals surface area contributed by atoms with E-state index in [1.165, 1.54) is 6.07 Å². The first kappa shape index (κ1) is 60.4. The molecule has 27 rings (SSSR count). The lowest BCUT2D eigenvalue weighted by molar-refractivity contribution is 0.873. The Hall–Kier alpha value is -16.1. The second-order valence-electron chi connectivity index (χ2n) is 32.1. The van der Waals surface area contributed by atoms with Crippen LogP contribution < -0.4 is 0 Å². The van der Waals surface area contributed by atoms with Crippen LogP contribution in [0, 0.1) is 20.8 Å². The number of hydrogen-bond acceptors (Lipinski definition) is 6. The van der Waals surface area contributed by atoms with Crippen molar-refractivity contribution in [3.63, 3.8) is 0 Å². The van der Waals surface area contributed by atoms with E-state index in [4.69, 9.17) is 46.4 Å². The molecule has 0 unspecified atom stereocenters. The molecule has 12 heterocycles. The highest BCUT2D eigenvalue weighted by atomic mass is 15.3. The van der Waals surface area contributed by atoms with Crippen molar-refractivity contribution in [2.75, 3.05) is 0 Å². The molecule has 15 aromatic carbocycles. The molecule has 0 saturated heterocycles. The van der Waals surface area contributed by atoms with Crippen LogP contribution in [0.5, 0.6) is 0 Å². The third-order valence-electron chi connectivity index (χ3n) is 25.0. The summed E-state index contributed by atoms with van der Waals surface area (Å²) >= 11 is 0. The lowest BCUT2D eigenvalue weighted by Gasteiger charge is -2.10. The largest absolute Gasteiger partial charge is 0.278 e. The summed E-state index contributed by atoms with van der Waals surface area (Å²) in [5.41, 5.74) is 32.8. The Morgan fingerprint density at radius 2 is 0.488 bits per heavy atom. The standard InChI is InChI=1S/2C36H28N6.C35H26N6/c1-22(2)26-14-10-20-32-34(26)38-36-40(28-16-5-7-18-30(28)42(32)36)25-13-9-12-24(21-25)39-27-15-4-6-17-29(27)41-31-19-8-11-23(3)33(31)37-35(39)41;1-3-11-24-13-9-21-32-34(24)38-36-40(28-17-5-7-19-30(28)42(32)36)26-15-10-14-25(22-26)39-27-16-4-6-18-29(27)41-31-20-8-12-23(2)33(31)37-35(39)41;1-3-23-12-9-20-31-33(23)37-35-39(27-16-5-7-18-29(27)41(31)35)25-14-10-13-24(21-25)38-26-15-4-6-17-28(26)40-30-19-8-11-22(2)32(30)36-34(38)40/h4-22H,1-3H3;4-10,12-22H,3,11H2,1-2H3;4-21H,3H2,1-2H3/i1D3,2D3,22D;3D2;1D3. The number of para-hydroxylation sites is 18. The Balaban J connectivity index is 0.000000109. The number of nitrogens with zero attached hydrogens (tertiary/aromatic N) is 18. The molecule has 0 fully saturated rings. The van der Waals surface area contributed by atoms with Crippen molar-refractivity contribution in [3.8, 4) is 34.1 Å². The van der Waals surface area contributed by atoms with E-state index in [0.717, 1.165) is 207 Å². The van der Waals surface area contributed by atoms with Crippen LogP contribution in [0.25, 0.3) is 201 Å². The van der Waals surface area contributed by atoms with Crippen molar-refractivity contribution in [1.82, 2.24) is 83.7 Å². The van der Waals surface area contributed by atoms with E-state index in [2.05, 4.69) is 272 Å². The molecular weight excluding hydrogens is 1540 g/mol. The molecule has 0 atom stereocenters. The van der Waals surface area contributed by atoms with E-state index in [1.807, 2.05) is 112 Å². The van der Waals surface area contributed by atoms with Gasteiger partial charge in [0.15, 0.2) is 0 Å². The molecule has 0 spiro atoms. The lowest BCUT2D eigenvalue weighted by Crippen LogP contribution is -2.00. The van der Waals surface area contributed by atoms with Gasteiger partial charge in [0.1, 0.15) is 0 Å². The summed E-state index contributed by atoms with van der Waals surface area (Å²) < 4.78 is 124. The number of hydrogen-bond donors (Lipinski definition) is 0. The minimum atomic E-state index is -3.15. The predicted molar refractivity (Wildman–Crippen MR) is 510 cm³/mol. The highest BCUT2D eigenvalue weighted by molar-refractivity contribution is 6.01. The van der Waals surface area contributed by atoms with Crippen molar-refractivity contribution in [2.24, 2.45) is 0 Å². The van der Waals surface area contributed by atoms with Gasteiger partial charge >= 0.3 is 0 Å². The van der Waals surface area contributed by atoms with E-state index in [0.29, 0.717) is 23.2 Å². The SMILES string of the molecule is [2H]C([2H])(C)Cc1cccc2c1nc1n(-c3cccc(-n4c5ccccc5n5c6cccc(C)c6nc45)c3)c3ccccc3n21.[2H]C([2H])([2H])C([2H])(c1cccc2c1nc1n(-c3cccc(-n4c5ccccc5n5c6cccc(C)c6nc45)c3)c3ccccc3n21)C([2H])([2H])[2H].[2H]C([2H])([2H])Cc1cccc2c1nc1n(-c3cccc(-n4c5ccccc5n5c6cccc(C)c6nc45)c3)c3ccccc3n21. The fourth-order valence-corrected chi connectivity index (χ4v) is 19.6. The van der Waals surface area contributed by atoms with Gasteiger partial charge in [-0.2, -0.15) is 0 Å². The molecule has 27 aromatic rings. The van der Waals surface area contributed by atoms with Crippen LogP contribution in [0.1, 0.15) is 89.6 Å². The summed E-state index contributed by atoms with van der Waals surface area (Å²) in [4.78, 5) is 30.6. The number of aryl methyl sites for hydroxylation is 5. The van der Waals surface area contributed by atoms with Gasteiger partial charge in [-0.25, -0.2) is 29.9 Å². The summed E-state index contributed by atoms with van der Waals surface area (Å²) in [6.07, 6.45) is -1.07. The number of rotatable bonds is 10. The van der Waals surface area contributed by atoms with Gasteiger partial charge in [0.05, 0.1) is 167 Å². The third kappa shape index (κ3) is 10.4. The van der Waals surface area contributed by atoms with Crippen LogP contribution in [0.2, 0.25) is 0 Å². The molecule has 125 heavy (non-hydrogen) atoms. The first-order valence-corrected chi connectivity index (χ1v) is 41.8. The van der Waals surface area contributed by atoms with Crippen molar-refractivity contribution in [2.45, 2.75) is 73.4 Å². The maximum Gasteiger partial charge on any atom is 0.220 e. The molecule has 0 aliphatic heterocycles. The predicted octanol–water partition coefficient (Wildman–Crippen LogP) is 25.1. The monoisotopic (exact) mass is 1630 g/mol. The smallest absolute Gasteiger partial charge is 0.220 e. The Morgan fingerprint density at radius 1 is 0.256 bits per heavy atom. The molecule has 18 heteroatoms. The molecule has 600 valence electrons. The average molecular weight is 1630 g/mol. The number of benzene rings is 15. The highest BCUT2D eigenvalue weighted by Gasteiger charge is 2.28. The number of aromatic nitrogens is 18. The van der Waals surface area contributed by atoms with Crippen LogP contribution in [0.15, 0.2) is 328 Å². The van der Waals surface area contributed by atoms with Crippen LogP contribution in [-0.2, 0) is 12.8 Å². The van der Waals surface area contributed by atoms with Crippen LogP contribution in [-0.4, -0.2) is 83.7 Å². The Labute approximate surface area is 731 Å². The maximum absolute atomic E-state index is 8.96. The summed E-state index contributed by atoms with van der Waals surface area (Å²) in [6, 6.07) is 110. The molecule has 0 N–H and O–H groups in total. The normalized spacial score (nSPS) is 14.2. The summed E-state index contributed by atoms with van der Waals surface area (Å²) in [7, 11) is 0. The fourth-order valence-electron chi connectivity index (χ4n) is 19.6. The Morgan fingerprint density at radius 3 is 0.784 bits per heavy atom. The van der Waals surface area contributed by atoms with Crippen LogP contribution >= 0.6 is 0 Å². The minimum absolute atomic E-state index is 0.0350. The van der Waals surface area contributed by atoms with Gasteiger partial charge in [0, 0.05) is 16.4 Å². The van der Waals surface area contributed by atoms with E-state index in [1.54, 1.807) is 19.1 Å². The fraction of sp³-hybridized carbons (Fsp3) is 0.103. The quantitative estimate of drug-likeness (QED) is 0.134. The zero-order chi connectivity index (χ0) is 93.5. The van der Waals surface area contributed by atoms with Gasteiger partial charge in [-0.05, 0) is 237 Å². The first-order valence-electron chi connectivity index (χ1n) is 47.8. The second-order valence-corrected chi connectivity index (χ2v) is 32.1. The summed E-state index contributed by atoms with van der Waals surface area (Å²) in [5.74, 6) is 1.61. The van der Waals surface area contributed by atoms with Crippen LogP contribution in [0.3, 0.4) is 0 Å². The Kier molecular flexibility index (Phi) is 13.3. The van der Waals surface area contributed by atoms with Gasteiger partial charge < -0.3 is 0 Å². The number of imidazole rings is 12. The van der Waals surface area contributed by atoms with Gasteiger partial charge in [-0.15, -0.1) is 0 Å². The van der Waals surface area contributed by atoms with Gasteiger partial charge in [-0.1, -0.05) is 198 Å². The maximum atomic E-state index is 8.96. The van der Waals surface area contributed by atoms with E-state index in [9.17, 15) is 0 Å². The van der Waals surface area contributed by atoms with Crippen molar-refractivity contribution >= 4 is 167 Å². The van der Waals surface area contributed by atoms with Crippen molar-refractivity contribution in [3.05, 3.63) is 361 Å².